The van der Waals surface area contributed by atoms with Crippen LogP contribution in [0, 0.1) is 5.92 Å². The van der Waals surface area contributed by atoms with Crippen molar-refractivity contribution in [3.63, 3.8) is 0 Å². The van der Waals surface area contributed by atoms with E-state index >= 15 is 0 Å². The van der Waals surface area contributed by atoms with Crippen LogP contribution < -0.4 is 9.47 Å². The lowest BCUT2D eigenvalue weighted by atomic mass is 9.69. The molecule has 0 bridgehead atoms. The van der Waals surface area contributed by atoms with Crippen LogP contribution in [0.25, 0.3) is 0 Å². The molecule has 1 unspecified atom stereocenters. The van der Waals surface area contributed by atoms with Gasteiger partial charge in [-0.1, -0.05) is 49.4 Å². The molecule has 2 aliphatic rings. The molecular weight excluding hydrogens is 474 g/mol. The summed E-state index contributed by atoms with van der Waals surface area (Å²) < 4.78 is 17.0. The Balaban J connectivity index is 1.79. The van der Waals surface area contributed by atoms with Crippen molar-refractivity contribution in [2.45, 2.75) is 38.5 Å². The number of thioether (sulfide) groups is 1. The first-order chi connectivity index (χ1) is 17.5. The first-order valence-corrected chi connectivity index (χ1v) is 13.5. The third-order valence-electron chi connectivity index (χ3n) is 6.86. The Morgan fingerprint density at radius 2 is 1.83 bits per heavy atom. The fraction of sp³-hybridized carbons (Fsp3) is 0.414. The zero-order chi connectivity index (χ0) is 25.7. The summed E-state index contributed by atoms with van der Waals surface area (Å²) in [4.78, 5) is 32.1. The lowest BCUT2D eigenvalue weighted by Crippen LogP contribution is -2.38. The Morgan fingerprint density at radius 3 is 2.53 bits per heavy atom. The number of rotatable bonds is 9. The number of Topliss-reactive ketones (excluding diaryl/α,β-unsaturated/α-hetero) is 1. The number of ether oxygens (including phenoxy) is 3. The first kappa shape index (κ1) is 26.0. The van der Waals surface area contributed by atoms with Crippen molar-refractivity contribution < 1.29 is 23.8 Å². The quantitative estimate of drug-likeness (QED) is 0.326. The van der Waals surface area contributed by atoms with Gasteiger partial charge >= 0.3 is 5.97 Å². The average molecular weight is 508 g/mol. The number of carbonyl (C=O) groups excluding carboxylic acids is 2. The molecule has 2 aromatic carbocycles. The van der Waals surface area contributed by atoms with Gasteiger partial charge in [-0.2, -0.15) is 11.8 Å². The summed E-state index contributed by atoms with van der Waals surface area (Å²) in [7, 11) is 3.15. The third-order valence-corrected chi connectivity index (χ3v) is 7.72. The molecule has 3 atom stereocenters. The van der Waals surface area contributed by atoms with E-state index in [2.05, 4.69) is 19.1 Å². The van der Waals surface area contributed by atoms with Gasteiger partial charge in [-0.3, -0.25) is 14.6 Å². The van der Waals surface area contributed by atoms with E-state index in [9.17, 15) is 9.59 Å². The summed E-state index contributed by atoms with van der Waals surface area (Å²) in [6.07, 6.45) is 1.01. The van der Waals surface area contributed by atoms with Crippen molar-refractivity contribution in [2.75, 3.05) is 32.3 Å². The second-order valence-corrected chi connectivity index (χ2v) is 10.3. The average Bonchev–Trinajstić information content (AvgIpc) is 2.90. The van der Waals surface area contributed by atoms with Gasteiger partial charge in [0.1, 0.15) is 12.5 Å². The zero-order valence-electron chi connectivity index (χ0n) is 21.3. The van der Waals surface area contributed by atoms with E-state index in [-0.39, 0.29) is 17.7 Å². The maximum Gasteiger partial charge on any atom is 0.315 e. The normalized spacial score (nSPS) is 21.5. The number of esters is 1. The molecule has 36 heavy (non-hydrogen) atoms. The molecule has 0 N–H and O–H groups in total. The lowest BCUT2D eigenvalue weighted by molar-refractivity contribution is -0.145. The van der Waals surface area contributed by atoms with Crippen LogP contribution in [0.2, 0.25) is 0 Å². The second kappa shape index (κ2) is 11.8. The highest BCUT2D eigenvalue weighted by Crippen LogP contribution is 2.50. The molecule has 2 aromatic rings. The summed E-state index contributed by atoms with van der Waals surface area (Å²) in [6, 6.07) is 15.6. The van der Waals surface area contributed by atoms with Gasteiger partial charge in [0.2, 0.25) is 0 Å². The smallest absolute Gasteiger partial charge is 0.315 e. The number of allylic oxidation sites excluding steroid dienone is 2. The van der Waals surface area contributed by atoms with E-state index in [0.29, 0.717) is 42.2 Å². The minimum Gasteiger partial charge on any atom is -0.493 e. The highest BCUT2D eigenvalue weighted by atomic mass is 32.2. The molecule has 1 heterocycles. The molecule has 1 aliphatic heterocycles. The number of aliphatic imine (C=N–C) groups is 1. The van der Waals surface area contributed by atoms with Crippen LogP contribution in [0.3, 0.4) is 0 Å². The van der Waals surface area contributed by atoms with Crippen LogP contribution in [-0.4, -0.2) is 49.8 Å². The molecule has 0 saturated heterocycles. The summed E-state index contributed by atoms with van der Waals surface area (Å²) in [5.74, 6) is 1.17. The van der Waals surface area contributed by atoms with Crippen molar-refractivity contribution in [2.24, 2.45) is 10.9 Å². The lowest BCUT2D eigenvalue weighted by Gasteiger charge is -2.37. The Hall–Kier alpha value is -3.06. The minimum atomic E-state index is -0.714. The largest absolute Gasteiger partial charge is 0.493 e. The maximum absolute atomic E-state index is 13.8. The third kappa shape index (κ3) is 5.21. The van der Waals surface area contributed by atoms with E-state index in [4.69, 9.17) is 19.2 Å². The number of benzene rings is 2. The van der Waals surface area contributed by atoms with Crippen LogP contribution in [0.15, 0.2) is 64.8 Å². The van der Waals surface area contributed by atoms with Crippen molar-refractivity contribution in [3.8, 4) is 11.5 Å². The summed E-state index contributed by atoms with van der Waals surface area (Å²) in [6.45, 7) is 4.24. The van der Waals surface area contributed by atoms with Crippen molar-refractivity contribution >= 4 is 29.2 Å². The molecule has 1 aliphatic carbocycles. The fourth-order valence-electron chi connectivity index (χ4n) is 5.25. The number of carbonyl (C=O) groups is 2. The van der Waals surface area contributed by atoms with Crippen LogP contribution in [0.5, 0.6) is 11.5 Å². The number of methoxy groups -OCH3 is 2. The van der Waals surface area contributed by atoms with Crippen LogP contribution in [-0.2, 0) is 14.3 Å². The number of ketones is 1. The van der Waals surface area contributed by atoms with Gasteiger partial charge in [0.05, 0.1) is 14.2 Å². The van der Waals surface area contributed by atoms with Gasteiger partial charge in [0.15, 0.2) is 17.3 Å². The van der Waals surface area contributed by atoms with Crippen molar-refractivity contribution in [1.29, 1.82) is 0 Å². The highest BCUT2D eigenvalue weighted by Gasteiger charge is 2.46. The number of nitrogens with zero attached hydrogens (tertiary/aromatic N) is 1. The molecule has 4 rings (SSSR count). The standard InChI is InChI=1S/C29H33NO5S/c1-5-36-15-14-35-29(32)25-18(2)30-22-16-20(19-10-7-6-8-11-19)17-23(31)27(22)26(25)21-12-9-13-24(33-3)28(21)34-4/h6-13,20,25-26H,5,14-17H2,1-4H3/t20-,25?,26+/m1/s1. The molecule has 0 aromatic heterocycles. The van der Waals surface area contributed by atoms with Crippen molar-refractivity contribution in [1.82, 2.24) is 0 Å². The predicted molar refractivity (Wildman–Crippen MR) is 143 cm³/mol. The Morgan fingerprint density at radius 1 is 1.06 bits per heavy atom. The van der Waals surface area contributed by atoms with Gasteiger partial charge in [0.25, 0.3) is 0 Å². The number of hydrogen-bond acceptors (Lipinski definition) is 7. The first-order valence-electron chi connectivity index (χ1n) is 12.3. The SMILES string of the molecule is CCSCCOC(=O)C1C(C)=NC2=C(C(=O)C[C@H](c3ccccc3)C2)[C@H]1c1cccc(OC)c1OC. The number of para-hydroxylation sites is 1. The summed E-state index contributed by atoms with van der Waals surface area (Å²) >= 11 is 1.72. The summed E-state index contributed by atoms with van der Waals surface area (Å²) in [5, 5.41) is 0. The Kier molecular flexibility index (Phi) is 8.52. The molecule has 0 spiro atoms. The van der Waals surface area contributed by atoms with Gasteiger partial charge in [-0.25, -0.2) is 0 Å². The van der Waals surface area contributed by atoms with Crippen LogP contribution >= 0.6 is 11.8 Å². The zero-order valence-corrected chi connectivity index (χ0v) is 22.1. The molecule has 7 heteroatoms. The maximum atomic E-state index is 13.8. The topological polar surface area (TPSA) is 74.2 Å². The van der Waals surface area contributed by atoms with E-state index in [1.54, 1.807) is 26.0 Å². The van der Waals surface area contributed by atoms with Crippen LogP contribution in [0.1, 0.15) is 49.7 Å². The highest BCUT2D eigenvalue weighted by molar-refractivity contribution is 7.99. The Labute approximate surface area is 217 Å². The fourth-order valence-corrected chi connectivity index (χ4v) is 5.74. The van der Waals surface area contributed by atoms with E-state index in [1.807, 2.05) is 43.3 Å². The van der Waals surface area contributed by atoms with Gasteiger partial charge in [-0.15, -0.1) is 0 Å². The number of hydrogen-bond donors (Lipinski definition) is 0. The molecule has 0 amide bonds. The molecule has 0 fully saturated rings. The molecule has 190 valence electrons. The predicted octanol–water partition coefficient (Wildman–Crippen LogP) is 5.58. The van der Waals surface area contributed by atoms with Crippen LogP contribution in [0.4, 0.5) is 0 Å². The molecular formula is C29H33NO5S. The summed E-state index contributed by atoms with van der Waals surface area (Å²) in [5.41, 5.74) is 3.84. The molecule has 0 saturated carbocycles. The van der Waals surface area contributed by atoms with Gasteiger partial charge in [-0.05, 0) is 36.6 Å². The monoisotopic (exact) mass is 507 g/mol. The molecule has 6 nitrogen and oxygen atoms in total. The van der Waals surface area contributed by atoms with E-state index < -0.39 is 11.8 Å². The van der Waals surface area contributed by atoms with E-state index in [1.165, 1.54) is 0 Å². The molecule has 0 radical (unpaired) electrons. The van der Waals surface area contributed by atoms with Gasteiger partial charge in [0, 0.05) is 40.6 Å². The Bertz CT molecular complexity index is 1170. The van der Waals surface area contributed by atoms with Gasteiger partial charge < -0.3 is 14.2 Å². The van der Waals surface area contributed by atoms with E-state index in [0.717, 1.165) is 28.3 Å². The van der Waals surface area contributed by atoms with Crippen molar-refractivity contribution in [3.05, 3.63) is 70.9 Å². The minimum absolute atomic E-state index is 0.00978. The second-order valence-electron chi connectivity index (χ2n) is 8.96.